The first-order valence-corrected chi connectivity index (χ1v) is 8.26. The molecule has 19 heavy (non-hydrogen) atoms. The fraction of sp³-hybridized carbons (Fsp3) is 0.625. The molecule has 2 aliphatic rings. The van der Waals surface area contributed by atoms with Crippen molar-refractivity contribution < 1.29 is 0 Å². The lowest BCUT2D eigenvalue weighted by atomic mass is 9.95. The van der Waals surface area contributed by atoms with E-state index in [2.05, 4.69) is 58.2 Å². The Morgan fingerprint density at radius 2 is 1.95 bits per heavy atom. The molecule has 1 aromatic rings. The van der Waals surface area contributed by atoms with E-state index in [1.807, 2.05) is 0 Å². The Morgan fingerprint density at radius 3 is 2.58 bits per heavy atom. The lowest BCUT2D eigenvalue weighted by Crippen LogP contribution is -2.49. The van der Waals surface area contributed by atoms with Gasteiger partial charge in [0.25, 0.3) is 0 Å². The predicted octanol–water partition coefficient (Wildman–Crippen LogP) is 3.87. The summed E-state index contributed by atoms with van der Waals surface area (Å²) in [6.45, 7) is 5.54. The Hall–Kier alpha value is -0.540. The highest BCUT2D eigenvalue weighted by atomic mass is 79.9. The number of nitrogens with zero attached hydrogens (tertiary/aromatic N) is 1. The smallest absolute Gasteiger partial charge is 0.0412 e. The quantitative estimate of drug-likeness (QED) is 0.908. The monoisotopic (exact) mass is 322 g/mol. The van der Waals surface area contributed by atoms with Crippen LogP contribution in [0.25, 0.3) is 0 Å². The first kappa shape index (κ1) is 13.4. The summed E-state index contributed by atoms with van der Waals surface area (Å²) in [5.41, 5.74) is 2.83. The lowest BCUT2D eigenvalue weighted by molar-refractivity contribution is 0.361. The van der Waals surface area contributed by atoms with Crippen molar-refractivity contribution >= 4 is 21.6 Å². The molecule has 2 heterocycles. The number of fused-ring (bicyclic) bond motifs is 2. The first-order chi connectivity index (χ1) is 9.20. The molecule has 2 aliphatic heterocycles. The minimum Gasteiger partial charge on any atom is -0.365 e. The number of nitrogens with one attached hydrogen (secondary N) is 1. The van der Waals surface area contributed by atoms with Crippen LogP contribution in [-0.2, 0) is 0 Å². The van der Waals surface area contributed by atoms with Crippen LogP contribution in [0.4, 0.5) is 5.69 Å². The summed E-state index contributed by atoms with van der Waals surface area (Å²) >= 11 is 3.67. The van der Waals surface area contributed by atoms with Gasteiger partial charge in [-0.05, 0) is 56.8 Å². The highest BCUT2D eigenvalue weighted by molar-refractivity contribution is 9.10. The summed E-state index contributed by atoms with van der Waals surface area (Å²) in [5, 5.41) is 3.65. The van der Waals surface area contributed by atoms with Crippen molar-refractivity contribution in [1.29, 1.82) is 0 Å². The molecule has 104 valence electrons. The largest absolute Gasteiger partial charge is 0.365 e. The van der Waals surface area contributed by atoms with Crippen LogP contribution >= 0.6 is 15.9 Å². The molecule has 1 aromatic carbocycles. The van der Waals surface area contributed by atoms with Gasteiger partial charge in [0.1, 0.15) is 0 Å². The molecule has 0 spiro atoms. The molecular weight excluding hydrogens is 300 g/mol. The van der Waals surface area contributed by atoms with Gasteiger partial charge in [0, 0.05) is 28.3 Å². The zero-order valence-corrected chi connectivity index (χ0v) is 13.4. The molecule has 3 rings (SSSR count). The summed E-state index contributed by atoms with van der Waals surface area (Å²) in [6, 6.07) is 8.80. The van der Waals surface area contributed by atoms with Crippen molar-refractivity contribution in [1.82, 2.24) is 5.32 Å². The third-order valence-corrected chi connectivity index (χ3v) is 5.60. The van der Waals surface area contributed by atoms with Crippen LogP contribution in [-0.4, -0.2) is 24.7 Å². The summed E-state index contributed by atoms with van der Waals surface area (Å²) < 4.78 is 1.23. The molecule has 0 saturated carbocycles. The van der Waals surface area contributed by atoms with E-state index < -0.39 is 0 Å². The molecule has 0 amide bonds. The molecule has 0 aromatic heterocycles. The van der Waals surface area contributed by atoms with Crippen LogP contribution in [0.1, 0.15) is 38.2 Å². The van der Waals surface area contributed by atoms with Gasteiger partial charge in [-0.2, -0.15) is 0 Å². The number of benzene rings is 1. The Kier molecular flexibility index (Phi) is 3.86. The Morgan fingerprint density at radius 1 is 1.26 bits per heavy atom. The fourth-order valence-corrected chi connectivity index (χ4v) is 4.26. The normalized spacial score (nSPS) is 29.8. The van der Waals surface area contributed by atoms with E-state index in [1.165, 1.54) is 41.4 Å². The second-order valence-corrected chi connectivity index (χ2v) is 6.76. The third-order valence-electron chi connectivity index (χ3n) is 4.74. The maximum atomic E-state index is 3.67. The van der Waals surface area contributed by atoms with Gasteiger partial charge in [-0.1, -0.05) is 28.9 Å². The van der Waals surface area contributed by atoms with Crippen molar-refractivity contribution in [3.8, 4) is 0 Å². The molecule has 3 heteroatoms. The van der Waals surface area contributed by atoms with E-state index in [0.717, 1.165) is 24.7 Å². The average molecular weight is 323 g/mol. The summed E-state index contributed by atoms with van der Waals surface area (Å²) in [4.78, 5) is 2.70. The van der Waals surface area contributed by atoms with Crippen LogP contribution in [0, 0.1) is 6.92 Å². The number of hydrogen-bond acceptors (Lipinski definition) is 2. The van der Waals surface area contributed by atoms with E-state index in [0.29, 0.717) is 0 Å². The van der Waals surface area contributed by atoms with Gasteiger partial charge in [0.05, 0.1) is 0 Å². The van der Waals surface area contributed by atoms with Gasteiger partial charge in [-0.3, -0.25) is 0 Å². The second-order valence-electron chi connectivity index (χ2n) is 5.90. The SMILES string of the molecule is CCNC1CC2CCC(C1)N2c1cccc(Br)c1C. The van der Waals surface area contributed by atoms with Gasteiger partial charge in [0.2, 0.25) is 0 Å². The molecule has 2 fully saturated rings. The number of rotatable bonds is 3. The third kappa shape index (κ3) is 2.43. The molecule has 2 unspecified atom stereocenters. The molecule has 0 radical (unpaired) electrons. The van der Waals surface area contributed by atoms with Crippen molar-refractivity contribution in [2.45, 2.75) is 57.7 Å². The maximum absolute atomic E-state index is 3.67. The van der Waals surface area contributed by atoms with Crippen molar-refractivity contribution in [2.75, 3.05) is 11.4 Å². The van der Waals surface area contributed by atoms with Crippen LogP contribution in [0.2, 0.25) is 0 Å². The summed E-state index contributed by atoms with van der Waals surface area (Å²) in [6.07, 6.45) is 5.32. The molecule has 0 aliphatic carbocycles. The lowest BCUT2D eigenvalue weighted by Gasteiger charge is -2.41. The molecule has 1 N–H and O–H groups in total. The summed E-state index contributed by atoms with van der Waals surface area (Å²) in [7, 11) is 0. The number of halogens is 1. The van der Waals surface area contributed by atoms with E-state index in [9.17, 15) is 0 Å². The molecule has 2 saturated heterocycles. The van der Waals surface area contributed by atoms with Crippen LogP contribution in [0.5, 0.6) is 0 Å². The number of anilines is 1. The fourth-order valence-electron chi connectivity index (χ4n) is 3.90. The number of hydrogen-bond donors (Lipinski definition) is 1. The maximum Gasteiger partial charge on any atom is 0.0412 e. The van der Waals surface area contributed by atoms with Crippen molar-refractivity contribution in [3.05, 3.63) is 28.2 Å². The zero-order chi connectivity index (χ0) is 13.4. The molecule has 2 atom stereocenters. The Balaban J connectivity index is 1.85. The van der Waals surface area contributed by atoms with E-state index in [-0.39, 0.29) is 0 Å². The van der Waals surface area contributed by atoms with E-state index in [1.54, 1.807) is 0 Å². The highest BCUT2D eigenvalue weighted by Gasteiger charge is 2.40. The first-order valence-electron chi connectivity index (χ1n) is 7.47. The van der Waals surface area contributed by atoms with Crippen molar-refractivity contribution in [2.24, 2.45) is 0 Å². The predicted molar refractivity (Wildman–Crippen MR) is 84.9 cm³/mol. The van der Waals surface area contributed by atoms with E-state index in [4.69, 9.17) is 0 Å². The Bertz CT molecular complexity index is 446. The second kappa shape index (κ2) is 5.45. The molecular formula is C16H23BrN2. The summed E-state index contributed by atoms with van der Waals surface area (Å²) in [5.74, 6) is 0. The molecule has 2 nitrogen and oxygen atoms in total. The van der Waals surface area contributed by atoms with Crippen LogP contribution in [0.3, 0.4) is 0 Å². The van der Waals surface area contributed by atoms with Gasteiger partial charge < -0.3 is 10.2 Å². The topological polar surface area (TPSA) is 15.3 Å². The highest BCUT2D eigenvalue weighted by Crippen LogP contribution is 2.41. The van der Waals surface area contributed by atoms with Crippen LogP contribution < -0.4 is 10.2 Å². The zero-order valence-electron chi connectivity index (χ0n) is 11.8. The van der Waals surface area contributed by atoms with Crippen LogP contribution in [0.15, 0.2) is 22.7 Å². The minimum absolute atomic E-state index is 0.728. The minimum atomic E-state index is 0.728. The standard InChI is InChI=1S/C16H23BrN2/c1-3-18-12-9-13-7-8-14(10-12)19(13)16-6-4-5-15(17)11(16)2/h4-6,12-14,18H,3,7-10H2,1-2H3. The van der Waals surface area contributed by atoms with Gasteiger partial charge >= 0.3 is 0 Å². The van der Waals surface area contributed by atoms with Gasteiger partial charge in [0.15, 0.2) is 0 Å². The van der Waals surface area contributed by atoms with Gasteiger partial charge in [-0.15, -0.1) is 0 Å². The van der Waals surface area contributed by atoms with Crippen molar-refractivity contribution in [3.63, 3.8) is 0 Å². The molecule has 2 bridgehead atoms. The number of piperidine rings is 1. The van der Waals surface area contributed by atoms with E-state index >= 15 is 0 Å². The van der Waals surface area contributed by atoms with Gasteiger partial charge in [-0.25, -0.2) is 0 Å². The average Bonchev–Trinajstić information content (AvgIpc) is 2.65. The Labute approximate surface area is 124 Å².